The van der Waals surface area contributed by atoms with Gasteiger partial charge in [-0.2, -0.15) is 27.3 Å². The van der Waals surface area contributed by atoms with E-state index in [-0.39, 0.29) is 24.0 Å². The third-order valence-corrected chi connectivity index (χ3v) is 3.77. The highest BCUT2D eigenvalue weighted by Crippen LogP contribution is 2.34. The van der Waals surface area contributed by atoms with Crippen molar-refractivity contribution in [2.24, 2.45) is 0 Å². The van der Waals surface area contributed by atoms with E-state index in [9.17, 15) is 21.6 Å². The highest BCUT2D eigenvalue weighted by molar-refractivity contribution is 7.89. The summed E-state index contributed by atoms with van der Waals surface area (Å²) in [7, 11) is -3.58. The summed E-state index contributed by atoms with van der Waals surface area (Å²) in [4.78, 5) is 7.42. The Bertz CT molecular complexity index is 847. The molecule has 0 spiro atoms. The van der Waals surface area contributed by atoms with Gasteiger partial charge in [0.25, 0.3) is 10.0 Å². The molecule has 2 aromatic heterocycles. The van der Waals surface area contributed by atoms with Crippen LogP contribution in [0.2, 0.25) is 0 Å². The lowest BCUT2D eigenvalue weighted by Crippen LogP contribution is -2.14. The zero-order valence-electron chi connectivity index (χ0n) is 13.0. The van der Waals surface area contributed by atoms with E-state index in [1.165, 1.54) is 6.20 Å². The Morgan fingerprint density at radius 3 is 2.50 bits per heavy atom. The quantitative estimate of drug-likeness (QED) is 0.836. The van der Waals surface area contributed by atoms with Crippen molar-refractivity contribution in [1.29, 1.82) is 0 Å². The van der Waals surface area contributed by atoms with E-state index < -0.39 is 21.8 Å². The van der Waals surface area contributed by atoms with Crippen LogP contribution in [0.5, 0.6) is 0 Å². The van der Waals surface area contributed by atoms with Crippen molar-refractivity contribution in [3.63, 3.8) is 0 Å². The van der Waals surface area contributed by atoms with E-state index in [1.807, 2.05) is 0 Å². The molecule has 2 rings (SSSR count). The Hall–Kier alpha value is -2.37. The molecule has 0 radical (unpaired) electrons. The van der Waals surface area contributed by atoms with E-state index in [1.54, 1.807) is 13.8 Å². The number of nitrogens with zero attached hydrogens (tertiary/aromatic N) is 4. The molecular formula is C12H15F3N6O2S. The zero-order valence-corrected chi connectivity index (χ0v) is 13.8. The van der Waals surface area contributed by atoms with Crippen LogP contribution >= 0.6 is 0 Å². The van der Waals surface area contributed by atoms with Gasteiger partial charge in [-0.15, -0.1) is 0 Å². The molecule has 132 valence electrons. The minimum atomic E-state index is -4.59. The van der Waals surface area contributed by atoms with Crippen LogP contribution in [0.25, 0.3) is 0 Å². The highest BCUT2D eigenvalue weighted by Gasteiger charge is 2.35. The third-order valence-electron chi connectivity index (χ3n) is 2.90. The van der Waals surface area contributed by atoms with Gasteiger partial charge in [-0.05, 0) is 13.8 Å². The van der Waals surface area contributed by atoms with E-state index in [0.717, 1.165) is 10.3 Å². The Balaban J connectivity index is 2.37. The summed E-state index contributed by atoms with van der Waals surface area (Å²) in [6, 6.07) is 0. The van der Waals surface area contributed by atoms with Gasteiger partial charge in [0.05, 0.1) is 23.8 Å². The number of nitrogens with one attached hydrogen (secondary N) is 2. The molecule has 0 saturated carbocycles. The molecule has 0 aliphatic heterocycles. The number of aryl methyl sites for hydroxylation is 1. The van der Waals surface area contributed by atoms with Crippen LogP contribution in [-0.2, 0) is 16.2 Å². The molecule has 0 amide bonds. The minimum absolute atomic E-state index is 0.116. The van der Waals surface area contributed by atoms with Crippen molar-refractivity contribution in [2.45, 2.75) is 20.0 Å². The summed E-state index contributed by atoms with van der Waals surface area (Å²) >= 11 is 0. The number of rotatable bonds is 5. The van der Waals surface area contributed by atoms with E-state index in [2.05, 4.69) is 25.7 Å². The molecule has 0 bridgehead atoms. The molecule has 2 aromatic rings. The number of anilines is 3. The lowest BCUT2D eigenvalue weighted by molar-refractivity contribution is -0.137. The second kappa shape index (κ2) is 6.26. The summed E-state index contributed by atoms with van der Waals surface area (Å²) in [5, 5.41) is 9.00. The van der Waals surface area contributed by atoms with Crippen molar-refractivity contribution in [1.82, 2.24) is 19.2 Å². The first-order valence-corrected chi connectivity index (χ1v) is 8.59. The third kappa shape index (κ3) is 3.93. The van der Waals surface area contributed by atoms with Gasteiger partial charge < -0.3 is 10.6 Å². The second-order valence-corrected chi connectivity index (χ2v) is 6.71. The molecule has 0 unspecified atom stereocenters. The predicted molar refractivity (Wildman–Crippen MR) is 81.7 cm³/mol. The van der Waals surface area contributed by atoms with E-state index in [4.69, 9.17) is 0 Å². The Morgan fingerprint density at radius 1 is 1.33 bits per heavy atom. The van der Waals surface area contributed by atoms with Crippen LogP contribution in [-0.4, -0.2) is 40.4 Å². The van der Waals surface area contributed by atoms with Crippen molar-refractivity contribution < 1.29 is 21.6 Å². The SMILES string of the molecule is CCNc1nc(Nc2cn(S(C)(=O)=O)nc2C)ncc1C(F)(F)F. The van der Waals surface area contributed by atoms with Gasteiger partial charge in [0.2, 0.25) is 5.95 Å². The molecule has 0 aliphatic rings. The Labute approximate surface area is 136 Å². The maximum absolute atomic E-state index is 12.9. The molecule has 24 heavy (non-hydrogen) atoms. The fourth-order valence-corrected chi connectivity index (χ4v) is 2.37. The molecule has 0 aliphatic carbocycles. The first-order chi connectivity index (χ1) is 11.0. The highest BCUT2D eigenvalue weighted by atomic mass is 32.2. The number of halogens is 3. The molecule has 0 fully saturated rings. The van der Waals surface area contributed by atoms with Crippen LogP contribution in [0.15, 0.2) is 12.4 Å². The van der Waals surface area contributed by atoms with Gasteiger partial charge in [-0.1, -0.05) is 0 Å². The van der Waals surface area contributed by atoms with Crippen molar-refractivity contribution in [3.8, 4) is 0 Å². The summed E-state index contributed by atoms with van der Waals surface area (Å²) in [5.41, 5.74) is -0.394. The van der Waals surface area contributed by atoms with Gasteiger partial charge in [-0.3, -0.25) is 0 Å². The fourth-order valence-electron chi connectivity index (χ4n) is 1.80. The summed E-state index contributed by atoms with van der Waals surface area (Å²) in [5.74, 6) is -0.481. The molecular weight excluding hydrogens is 349 g/mol. The molecule has 0 saturated heterocycles. The van der Waals surface area contributed by atoms with Crippen molar-refractivity contribution >= 4 is 27.5 Å². The van der Waals surface area contributed by atoms with Gasteiger partial charge in [0, 0.05) is 12.7 Å². The average Bonchev–Trinajstić information content (AvgIpc) is 2.79. The topological polar surface area (TPSA) is 102 Å². The Kier molecular flexibility index (Phi) is 4.69. The van der Waals surface area contributed by atoms with Crippen LogP contribution in [0.3, 0.4) is 0 Å². The van der Waals surface area contributed by atoms with Crippen LogP contribution in [0, 0.1) is 6.92 Å². The van der Waals surface area contributed by atoms with Crippen LogP contribution in [0.4, 0.5) is 30.6 Å². The number of alkyl halides is 3. The first kappa shape index (κ1) is 18.0. The van der Waals surface area contributed by atoms with Crippen LogP contribution < -0.4 is 10.6 Å². The summed E-state index contributed by atoms with van der Waals surface area (Å²) in [6.07, 6.45) is -1.77. The molecule has 12 heteroatoms. The normalized spacial score (nSPS) is 12.2. The summed E-state index contributed by atoms with van der Waals surface area (Å²) in [6.45, 7) is 3.42. The van der Waals surface area contributed by atoms with Gasteiger partial charge >= 0.3 is 6.18 Å². The monoisotopic (exact) mass is 364 g/mol. The summed E-state index contributed by atoms with van der Waals surface area (Å²) < 4.78 is 62.4. The van der Waals surface area contributed by atoms with Gasteiger partial charge in [-0.25, -0.2) is 13.4 Å². The van der Waals surface area contributed by atoms with Crippen molar-refractivity contribution in [2.75, 3.05) is 23.4 Å². The van der Waals surface area contributed by atoms with E-state index in [0.29, 0.717) is 11.9 Å². The number of aromatic nitrogens is 4. The van der Waals surface area contributed by atoms with Crippen LogP contribution in [0.1, 0.15) is 18.2 Å². The lowest BCUT2D eigenvalue weighted by atomic mass is 10.3. The fraction of sp³-hybridized carbons (Fsp3) is 0.417. The van der Waals surface area contributed by atoms with Gasteiger partial charge in [0.1, 0.15) is 11.4 Å². The molecule has 8 nitrogen and oxygen atoms in total. The van der Waals surface area contributed by atoms with Gasteiger partial charge in [0.15, 0.2) is 0 Å². The second-order valence-electron chi connectivity index (χ2n) is 4.87. The van der Waals surface area contributed by atoms with Crippen molar-refractivity contribution in [3.05, 3.63) is 23.7 Å². The number of hydrogen-bond acceptors (Lipinski definition) is 7. The minimum Gasteiger partial charge on any atom is -0.370 e. The molecule has 0 aromatic carbocycles. The largest absolute Gasteiger partial charge is 0.421 e. The zero-order chi connectivity index (χ0) is 18.1. The lowest BCUT2D eigenvalue weighted by Gasteiger charge is -2.13. The number of hydrogen-bond donors (Lipinski definition) is 2. The molecule has 0 atom stereocenters. The van der Waals surface area contributed by atoms with E-state index >= 15 is 0 Å². The maximum Gasteiger partial charge on any atom is 0.421 e. The maximum atomic E-state index is 12.9. The molecule has 2 N–H and O–H groups in total. The smallest absolute Gasteiger partial charge is 0.370 e. The first-order valence-electron chi connectivity index (χ1n) is 6.74. The Morgan fingerprint density at radius 2 is 2.00 bits per heavy atom. The molecule has 2 heterocycles. The standard InChI is InChI=1S/C12H15F3N6O2S/c1-4-16-10-8(12(13,14)15)5-17-11(19-10)18-9-6-21(20-7(9)2)24(3,22)23/h5-6H,4H2,1-3H3,(H2,16,17,18,19). The predicted octanol–water partition coefficient (Wildman–Crippen LogP) is 1.98. The average molecular weight is 364 g/mol.